The summed E-state index contributed by atoms with van der Waals surface area (Å²) in [7, 11) is 1.83. The van der Waals surface area contributed by atoms with Crippen molar-refractivity contribution in [1.29, 1.82) is 0 Å². The van der Waals surface area contributed by atoms with E-state index in [0.717, 1.165) is 24.1 Å². The zero-order valence-corrected chi connectivity index (χ0v) is 7.74. The number of carboxylic acid groups (broad SMARTS) is 1. The Morgan fingerprint density at radius 3 is 2.62 bits per heavy atom. The molecule has 4 heteroatoms. The molecule has 0 bridgehead atoms. The fourth-order valence-corrected chi connectivity index (χ4v) is 1.69. The summed E-state index contributed by atoms with van der Waals surface area (Å²) >= 11 is 0. The lowest BCUT2D eigenvalue weighted by atomic mass is 9.97. The van der Waals surface area contributed by atoms with Crippen LogP contribution >= 0.6 is 0 Å². The van der Waals surface area contributed by atoms with Gasteiger partial charge in [0.15, 0.2) is 0 Å². The van der Waals surface area contributed by atoms with Crippen molar-refractivity contribution < 1.29 is 9.90 Å². The molecule has 70 valence electrons. The Balaban J connectivity index is 2.46. The number of carboxylic acids is 1. The van der Waals surface area contributed by atoms with Gasteiger partial charge in [-0.3, -0.25) is 9.48 Å². The summed E-state index contributed by atoms with van der Waals surface area (Å²) in [5.41, 5.74) is 1.22. The molecular weight excluding hydrogens is 168 g/mol. The van der Waals surface area contributed by atoms with Crippen molar-refractivity contribution >= 4 is 5.97 Å². The van der Waals surface area contributed by atoms with Crippen LogP contribution in [0.5, 0.6) is 0 Å². The highest BCUT2D eigenvalue weighted by molar-refractivity contribution is 5.85. The molecule has 13 heavy (non-hydrogen) atoms. The Morgan fingerprint density at radius 2 is 2.31 bits per heavy atom. The number of rotatable bonds is 2. The van der Waals surface area contributed by atoms with Crippen molar-refractivity contribution in [2.75, 3.05) is 0 Å². The van der Waals surface area contributed by atoms with Crippen LogP contribution in [0.4, 0.5) is 0 Å². The van der Waals surface area contributed by atoms with Gasteiger partial charge in [0.2, 0.25) is 0 Å². The van der Waals surface area contributed by atoms with E-state index < -0.39 is 11.4 Å². The van der Waals surface area contributed by atoms with E-state index >= 15 is 0 Å². The lowest BCUT2D eigenvalue weighted by Gasteiger charge is -2.08. The van der Waals surface area contributed by atoms with Crippen molar-refractivity contribution in [1.82, 2.24) is 9.78 Å². The summed E-state index contributed by atoms with van der Waals surface area (Å²) in [5.74, 6) is -0.719. The second-order valence-electron chi connectivity index (χ2n) is 3.65. The Hall–Kier alpha value is -1.32. The Bertz CT molecular complexity index is 364. The van der Waals surface area contributed by atoms with Gasteiger partial charge >= 0.3 is 5.97 Å². The third kappa shape index (κ3) is 0.978. The quantitative estimate of drug-likeness (QED) is 0.733. The van der Waals surface area contributed by atoms with E-state index in [1.165, 1.54) is 0 Å². The number of aryl methyl sites for hydroxylation is 1. The van der Waals surface area contributed by atoms with E-state index in [-0.39, 0.29) is 0 Å². The van der Waals surface area contributed by atoms with Gasteiger partial charge in [0.05, 0.1) is 11.6 Å². The standard InChI is InChI=1S/C9H12N2O2/c1-6-7(5-10-11(6)2)9(3-4-9)8(12)13/h5H,3-4H2,1-2H3,(H,12,13). The summed E-state index contributed by atoms with van der Waals surface area (Å²) in [6, 6.07) is 0. The fraction of sp³-hybridized carbons (Fsp3) is 0.556. The van der Waals surface area contributed by atoms with E-state index in [4.69, 9.17) is 5.11 Å². The molecule has 0 aliphatic heterocycles. The molecule has 1 fully saturated rings. The molecule has 0 unspecified atom stereocenters. The lowest BCUT2D eigenvalue weighted by molar-refractivity contribution is -0.140. The highest BCUT2D eigenvalue weighted by Crippen LogP contribution is 2.49. The van der Waals surface area contributed by atoms with Crippen LogP contribution in [0.15, 0.2) is 6.20 Å². The van der Waals surface area contributed by atoms with Crippen LogP contribution in [-0.4, -0.2) is 20.9 Å². The molecule has 1 aliphatic rings. The van der Waals surface area contributed by atoms with Crippen molar-refractivity contribution in [2.45, 2.75) is 25.2 Å². The first kappa shape index (κ1) is 8.29. The Labute approximate surface area is 76.2 Å². The molecular formula is C9H12N2O2. The minimum atomic E-state index is -0.719. The number of aliphatic carboxylic acids is 1. The van der Waals surface area contributed by atoms with E-state index in [1.54, 1.807) is 10.9 Å². The van der Waals surface area contributed by atoms with E-state index in [2.05, 4.69) is 5.10 Å². The van der Waals surface area contributed by atoms with Crippen molar-refractivity contribution in [3.63, 3.8) is 0 Å². The molecule has 4 nitrogen and oxygen atoms in total. The lowest BCUT2D eigenvalue weighted by Crippen LogP contribution is -2.20. The average Bonchev–Trinajstić information content (AvgIpc) is 2.80. The highest BCUT2D eigenvalue weighted by Gasteiger charge is 2.53. The molecule has 1 saturated carbocycles. The third-order valence-electron chi connectivity index (χ3n) is 2.91. The molecule has 1 N–H and O–H groups in total. The van der Waals surface area contributed by atoms with Crippen molar-refractivity contribution in [3.8, 4) is 0 Å². The molecule has 0 aromatic carbocycles. The van der Waals surface area contributed by atoms with Crippen LogP contribution in [0.1, 0.15) is 24.1 Å². The normalized spacial score (nSPS) is 18.6. The maximum absolute atomic E-state index is 11.0. The van der Waals surface area contributed by atoms with Gasteiger partial charge in [0.1, 0.15) is 0 Å². The second kappa shape index (κ2) is 2.34. The predicted molar refractivity (Wildman–Crippen MR) is 46.5 cm³/mol. The zero-order chi connectivity index (χ0) is 9.64. The number of aromatic nitrogens is 2. The molecule has 0 atom stereocenters. The number of hydrogen-bond acceptors (Lipinski definition) is 2. The largest absolute Gasteiger partial charge is 0.481 e. The monoisotopic (exact) mass is 180 g/mol. The maximum atomic E-state index is 11.0. The van der Waals surface area contributed by atoms with Crippen LogP contribution in [0.3, 0.4) is 0 Å². The Kier molecular flexibility index (Phi) is 1.49. The molecule has 0 saturated heterocycles. The van der Waals surface area contributed by atoms with Crippen LogP contribution < -0.4 is 0 Å². The molecule has 1 heterocycles. The van der Waals surface area contributed by atoms with E-state index in [9.17, 15) is 4.79 Å². The van der Waals surface area contributed by atoms with Gasteiger partial charge in [0.25, 0.3) is 0 Å². The van der Waals surface area contributed by atoms with Crippen molar-refractivity contribution in [3.05, 3.63) is 17.5 Å². The summed E-state index contributed by atoms with van der Waals surface area (Å²) in [6.45, 7) is 1.91. The highest BCUT2D eigenvalue weighted by atomic mass is 16.4. The first-order valence-electron chi connectivity index (χ1n) is 4.30. The SMILES string of the molecule is Cc1c(C2(C(=O)O)CC2)cnn1C. The fourth-order valence-electron chi connectivity index (χ4n) is 1.69. The first-order valence-corrected chi connectivity index (χ1v) is 4.30. The van der Waals surface area contributed by atoms with Gasteiger partial charge < -0.3 is 5.11 Å². The molecule has 1 aromatic rings. The smallest absolute Gasteiger partial charge is 0.314 e. The number of nitrogens with zero attached hydrogens (tertiary/aromatic N) is 2. The van der Waals surface area contributed by atoms with Crippen LogP contribution in [0.25, 0.3) is 0 Å². The summed E-state index contributed by atoms with van der Waals surface area (Å²) in [6.07, 6.45) is 3.17. The third-order valence-corrected chi connectivity index (χ3v) is 2.91. The summed E-state index contributed by atoms with van der Waals surface area (Å²) < 4.78 is 1.72. The van der Waals surface area contributed by atoms with E-state index in [0.29, 0.717) is 0 Å². The first-order chi connectivity index (χ1) is 6.08. The van der Waals surface area contributed by atoms with Gasteiger partial charge in [-0.1, -0.05) is 0 Å². The Morgan fingerprint density at radius 1 is 1.69 bits per heavy atom. The minimum Gasteiger partial charge on any atom is -0.481 e. The van der Waals surface area contributed by atoms with Gasteiger partial charge in [-0.25, -0.2) is 0 Å². The van der Waals surface area contributed by atoms with E-state index in [1.807, 2.05) is 14.0 Å². The molecule has 0 amide bonds. The van der Waals surface area contributed by atoms with Crippen molar-refractivity contribution in [2.24, 2.45) is 7.05 Å². The van der Waals surface area contributed by atoms with Gasteiger partial charge in [-0.15, -0.1) is 0 Å². The van der Waals surface area contributed by atoms with Gasteiger partial charge in [-0.05, 0) is 19.8 Å². The van der Waals surface area contributed by atoms with Crippen LogP contribution in [0.2, 0.25) is 0 Å². The number of hydrogen-bond donors (Lipinski definition) is 1. The van der Waals surface area contributed by atoms with Gasteiger partial charge in [-0.2, -0.15) is 5.10 Å². The molecule has 1 aliphatic carbocycles. The maximum Gasteiger partial charge on any atom is 0.314 e. The molecule has 1 aromatic heterocycles. The average molecular weight is 180 g/mol. The van der Waals surface area contributed by atoms with Crippen LogP contribution in [-0.2, 0) is 17.3 Å². The summed E-state index contributed by atoms with van der Waals surface area (Å²) in [5, 5.41) is 13.1. The predicted octanol–water partition coefficient (Wildman–Crippen LogP) is 0.845. The molecule has 0 spiro atoms. The topological polar surface area (TPSA) is 55.1 Å². The molecule has 2 rings (SSSR count). The second-order valence-corrected chi connectivity index (χ2v) is 3.65. The minimum absolute atomic E-state index is 0.613. The summed E-state index contributed by atoms with van der Waals surface area (Å²) in [4.78, 5) is 11.0. The van der Waals surface area contributed by atoms with Gasteiger partial charge in [0, 0.05) is 18.3 Å². The van der Waals surface area contributed by atoms with Crippen LogP contribution in [0, 0.1) is 6.92 Å². The zero-order valence-electron chi connectivity index (χ0n) is 7.74. The number of carbonyl (C=O) groups is 1. The molecule has 0 radical (unpaired) electrons.